The van der Waals surface area contributed by atoms with Crippen LogP contribution in [0.25, 0.3) is 0 Å². The molecule has 0 aromatic heterocycles. The van der Waals surface area contributed by atoms with Crippen molar-refractivity contribution in [2.24, 2.45) is 0 Å². The van der Waals surface area contributed by atoms with Crippen LogP contribution >= 0.6 is 11.8 Å². The number of nitrogens with one attached hydrogen (secondary N) is 1. The highest BCUT2D eigenvalue weighted by Gasteiger charge is 2.15. The van der Waals surface area contributed by atoms with Gasteiger partial charge in [-0.3, -0.25) is 0 Å². The Kier molecular flexibility index (Phi) is 5.49. The van der Waals surface area contributed by atoms with Gasteiger partial charge in [-0.05, 0) is 63.6 Å². The van der Waals surface area contributed by atoms with Gasteiger partial charge in [-0.25, -0.2) is 0 Å². The molecule has 1 nitrogen and oxygen atoms in total. The smallest absolute Gasteiger partial charge is 0.0418 e. The van der Waals surface area contributed by atoms with E-state index in [0.29, 0.717) is 6.04 Å². The molecule has 0 saturated heterocycles. The van der Waals surface area contributed by atoms with E-state index in [1.807, 2.05) is 11.8 Å². The van der Waals surface area contributed by atoms with Crippen LogP contribution in [0.4, 0.5) is 0 Å². The third-order valence-corrected chi connectivity index (χ3v) is 4.98. The van der Waals surface area contributed by atoms with Crippen molar-refractivity contribution >= 4 is 11.8 Å². The van der Waals surface area contributed by atoms with E-state index in [4.69, 9.17) is 0 Å². The van der Waals surface area contributed by atoms with E-state index < -0.39 is 0 Å². The first kappa shape index (κ1) is 16.1. The lowest BCUT2D eigenvalue weighted by Crippen LogP contribution is -2.21. The number of hydrogen-bond acceptors (Lipinski definition) is 2. The Morgan fingerprint density at radius 3 is 2.00 bits per heavy atom. The van der Waals surface area contributed by atoms with Crippen LogP contribution in [0.1, 0.15) is 33.9 Å². The molecule has 1 N–H and O–H groups in total. The lowest BCUT2D eigenvalue weighted by atomic mass is 9.95. The van der Waals surface area contributed by atoms with Gasteiger partial charge in [0.1, 0.15) is 0 Å². The van der Waals surface area contributed by atoms with Crippen molar-refractivity contribution < 1.29 is 0 Å². The second-order valence-electron chi connectivity index (χ2n) is 5.78. The molecule has 2 rings (SSSR count). The fourth-order valence-corrected chi connectivity index (χ4v) is 3.89. The molecule has 2 aromatic carbocycles. The van der Waals surface area contributed by atoms with Crippen molar-refractivity contribution in [1.29, 1.82) is 0 Å². The third kappa shape index (κ3) is 4.12. The molecule has 0 aliphatic heterocycles. The molecule has 0 aliphatic carbocycles. The van der Waals surface area contributed by atoms with Crippen molar-refractivity contribution in [3.05, 3.63) is 64.2 Å². The van der Waals surface area contributed by atoms with E-state index >= 15 is 0 Å². The number of rotatable bonds is 5. The van der Waals surface area contributed by atoms with E-state index in [9.17, 15) is 0 Å². The van der Waals surface area contributed by atoms with Gasteiger partial charge in [0.2, 0.25) is 0 Å². The molecular weight excluding hydrogens is 274 g/mol. The summed E-state index contributed by atoms with van der Waals surface area (Å²) in [6, 6.07) is 13.7. The van der Waals surface area contributed by atoms with Crippen LogP contribution in [0, 0.1) is 27.7 Å². The van der Waals surface area contributed by atoms with Crippen LogP contribution < -0.4 is 5.32 Å². The van der Waals surface area contributed by atoms with E-state index in [2.05, 4.69) is 76.5 Å². The summed E-state index contributed by atoms with van der Waals surface area (Å²) in [6.45, 7) is 8.73. The number of thioether (sulfide) groups is 1. The first-order chi connectivity index (χ1) is 10.0. The SMILES string of the molecule is CNC(CSc1ccc(C)cc1)c1c(C)cc(C)cc1C. The van der Waals surface area contributed by atoms with E-state index in [1.54, 1.807) is 0 Å². The maximum Gasteiger partial charge on any atom is 0.0418 e. The largest absolute Gasteiger partial charge is 0.312 e. The van der Waals surface area contributed by atoms with Gasteiger partial charge < -0.3 is 5.32 Å². The van der Waals surface area contributed by atoms with Gasteiger partial charge in [-0.2, -0.15) is 0 Å². The summed E-state index contributed by atoms with van der Waals surface area (Å²) in [7, 11) is 2.05. The summed E-state index contributed by atoms with van der Waals surface area (Å²) in [5, 5.41) is 3.48. The minimum absolute atomic E-state index is 0.386. The molecule has 2 aromatic rings. The van der Waals surface area contributed by atoms with Crippen molar-refractivity contribution in [2.45, 2.75) is 38.6 Å². The average molecular weight is 299 g/mol. The molecule has 0 radical (unpaired) electrons. The van der Waals surface area contributed by atoms with E-state index in [-0.39, 0.29) is 0 Å². The van der Waals surface area contributed by atoms with Crippen molar-refractivity contribution in [3.63, 3.8) is 0 Å². The molecule has 2 heteroatoms. The van der Waals surface area contributed by atoms with Crippen molar-refractivity contribution in [3.8, 4) is 0 Å². The van der Waals surface area contributed by atoms with Gasteiger partial charge in [0.05, 0.1) is 0 Å². The molecule has 0 saturated carbocycles. The number of benzene rings is 2. The molecular formula is C19H25NS. The first-order valence-corrected chi connectivity index (χ1v) is 8.44. The summed E-state index contributed by atoms with van der Waals surface area (Å²) in [5.41, 5.74) is 6.87. The zero-order valence-corrected chi connectivity index (χ0v) is 14.5. The average Bonchev–Trinajstić information content (AvgIpc) is 2.43. The van der Waals surface area contributed by atoms with Gasteiger partial charge in [-0.15, -0.1) is 11.8 Å². The Morgan fingerprint density at radius 1 is 0.905 bits per heavy atom. The Balaban J connectivity index is 2.15. The fourth-order valence-electron chi connectivity index (χ4n) is 2.87. The quantitative estimate of drug-likeness (QED) is 0.782. The van der Waals surface area contributed by atoms with Crippen molar-refractivity contribution in [1.82, 2.24) is 5.32 Å². The van der Waals surface area contributed by atoms with Gasteiger partial charge in [0.25, 0.3) is 0 Å². The molecule has 112 valence electrons. The minimum Gasteiger partial charge on any atom is -0.312 e. The molecule has 0 heterocycles. The predicted octanol–water partition coefficient (Wildman–Crippen LogP) is 4.97. The maximum atomic E-state index is 3.48. The van der Waals surface area contributed by atoms with Gasteiger partial charge in [0, 0.05) is 16.7 Å². The van der Waals surface area contributed by atoms with Gasteiger partial charge >= 0.3 is 0 Å². The van der Waals surface area contributed by atoms with Crippen LogP contribution in [0.15, 0.2) is 41.3 Å². The highest BCUT2D eigenvalue weighted by molar-refractivity contribution is 7.99. The molecule has 0 aliphatic rings. The topological polar surface area (TPSA) is 12.0 Å². The highest BCUT2D eigenvalue weighted by Crippen LogP contribution is 2.29. The van der Waals surface area contributed by atoms with Crippen LogP contribution in [-0.2, 0) is 0 Å². The molecule has 0 amide bonds. The molecule has 21 heavy (non-hydrogen) atoms. The monoisotopic (exact) mass is 299 g/mol. The Morgan fingerprint density at radius 2 is 1.48 bits per heavy atom. The molecule has 1 atom stereocenters. The first-order valence-electron chi connectivity index (χ1n) is 7.45. The summed E-state index contributed by atoms with van der Waals surface area (Å²) in [4.78, 5) is 1.34. The molecule has 0 fully saturated rings. The van der Waals surface area contributed by atoms with Crippen molar-refractivity contribution in [2.75, 3.05) is 12.8 Å². The second kappa shape index (κ2) is 7.15. The standard InChI is InChI=1S/C19H25NS/c1-13-6-8-17(9-7-13)21-12-18(20-5)19-15(3)10-14(2)11-16(19)4/h6-11,18,20H,12H2,1-5H3. The lowest BCUT2D eigenvalue weighted by Gasteiger charge is -2.21. The Labute approximate surface area is 133 Å². The van der Waals surface area contributed by atoms with Gasteiger partial charge in [0.15, 0.2) is 0 Å². The normalized spacial score (nSPS) is 12.4. The van der Waals surface area contributed by atoms with E-state index in [1.165, 1.54) is 32.7 Å². The Bertz CT molecular complexity index is 578. The Hall–Kier alpha value is -1.25. The molecule has 0 spiro atoms. The zero-order chi connectivity index (χ0) is 15.4. The summed E-state index contributed by atoms with van der Waals surface area (Å²) >= 11 is 1.92. The zero-order valence-electron chi connectivity index (χ0n) is 13.7. The second-order valence-corrected chi connectivity index (χ2v) is 6.87. The van der Waals surface area contributed by atoms with Crippen LogP contribution in [0.2, 0.25) is 0 Å². The summed E-state index contributed by atoms with van der Waals surface area (Å²) in [6.07, 6.45) is 0. The minimum atomic E-state index is 0.386. The molecule has 1 unspecified atom stereocenters. The maximum absolute atomic E-state index is 3.48. The highest BCUT2D eigenvalue weighted by atomic mass is 32.2. The summed E-state index contributed by atoms with van der Waals surface area (Å²) in [5.74, 6) is 1.05. The van der Waals surface area contributed by atoms with E-state index in [0.717, 1.165) is 5.75 Å². The fraction of sp³-hybridized carbons (Fsp3) is 0.368. The summed E-state index contributed by atoms with van der Waals surface area (Å²) < 4.78 is 0. The number of hydrogen-bond donors (Lipinski definition) is 1. The van der Waals surface area contributed by atoms with Crippen LogP contribution in [-0.4, -0.2) is 12.8 Å². The predicted molar refractivity (Wildman–Crippen MR) is 94.4 cm³/mol. The lowest BCUT2D eigenvalue weighted by molar-refractivity contribution is 0.653. The van der Waals surface area contributed by atoms with Crippen LogP contribution in [0.5, 0.6) is 0 Å². The number of aryl methyl sites for hydroxylation is 4. The third-order valence-electron chi connectivity index (χ3n) is 3.87. The molecule has 0 bridgehead atoms. The van der Waals surface area contributed by atoms with Crippen LogP contribution in [0.3, 0.4) is 0 Å². The van der Waals surface area contributed by atoms with Gasteiger partial charge in [-0.1, -0.05) is 35.4 Å².